The number of allylic oxidation sites excluding steroid dienone is 1. The van der Waals surface area contributed by atoms with Crippen molar-refractivity contribution in [3.8, 4) is 0 Å². The lowest BCUT2D eigenvalue weighted by Gasteiger charge is -2.46. The van der Waals surface area contributed by atoms with Crippen LogP contribution in [0.25, 0.3) is 0 Å². The molecule has 144 valence electrons. The van der Waals surface area contributed by atoms with E-state index in [0.717, 1.165) is 17.6 Å². The normalized spacial score (nSPS) is 24.6. The van der Waals surface area contributed by atoms with E-state index >= 15 is 0 Å². The predicted molar refractivity (Wildman–Crippen MR) is 106 cm³/mol. The summed E-state index contributed by atoms with van der Waals surface area (Å²) < 4.78 is 14.8. The molecule has 2 N–H and O–H groups in total. The van der Waals surface area contributed by atoms with Crippen molar-refractivity contribution in [3.05, 3.63) is 45.7 Å². The minimum Gasteiger partial charge on any atom is -0.369 e. The smallest absolute Gasteiger partial charge is 0.237 e. The quantitative estimate of drug-likeness (QED) is 0.856. The summed E-state index contributed by atoms with van der Waals surface area (Å²) in [6.07, 6.45) is 3.11. The summed E-state index contributed by atoms with van der Waals surface area (Å²) in [4.78, 5) is 22.8. The zero-order chi connectivity index (χ0) is 20.0. The van der Waals surface area contributed by atoms with E-state index < -0.39 is 16.8 Å². The molecule has 0 fully saturated rings. The molecule has 7 heteroatoms. The van der Waals surface area contributed by atoms with Crippen molar-refractivity contribution in [2.24, 2.45) is 21.1 Å². The Morgan fingerprint density at radius 2 is 2.00 bits per heavy atom. The third-order valence-electron chi connectivity index (χ3n) is 5.83. The first-order valence-electron chi connectivity index (χ1n) is 8.87. The van der Waals surface area contributed by atoms with Gasteiger partial charge in [0.05, 0.1) is 17.0 Å². The van der Waals surface area contributed by atoms with E-state index in [2.05, 4.69) is 9.98 Å². The summed E-state index contributed by atoms with van der Waals surface area (Å²) in [6.45, 7) is 5.92. The van der Waals surface area contributed by atoms with Gasteiger partial charge in [0.1, 0.15) is 11.4 Å². The van der Waals surface area contributed by atoms with Crippen LogP contribution in [0.2, 0.25) is 0 Å². The number of carbonyl (C=O) groups is 1. The number of carbonyl (C=O) groups excluding carboxylic acids is 1. The molecule has 2 aliphatic heterocycles. The summed E-state index contributed by atoms with van der Waals surface area (Å²) >= 11 is 6.12. The van der Waals surface area contributed by atoms with Crippen LogP contribution in [0.4, 0.5) is 4.39 Å². The highest BCUT2D eigenvalue weighted by Gasteiger charge is 2.53. The van der Waals surface area contributed by atoms with Gasteiger partial charge in [-0.25, -0.2) is 9.38 Å². The van der Waals surface area contributed by atoms with E-state index in [1.54, 1.807) is 46.2 Å². The van der Waals surface area contributed by atoms with Crippen LogP contribution in [-0.2, 0) is 16.8 Å². The Labute approximate surface area is 163 Å². The van der Waals surface area contributed by atoms with E-state index in [9.17, 15) is 9.18 Å². The van der Waals surface area contributed by atoms with Crippen molar-refractivity contribution in [1.29, 1.82) is 0 Å². The molecule has 0 unspecified atom stereocenters. The molecular formula is C20H24ClFN4O. The second kappa shape index (κ2) is 6.75. The second-order valence-corrected chi connectivity index (χ2v) is 8.17. The molecule has 1 aromatic rings. The lowest BCUT2D eigenvalue weighted by atomic mass is 9.67. The van der Waals surface area contributed by atoms with Crippen molar-refractivity contribution in [2.75, 3.05) is 13.6 Å². The van der Waals surface area contributed by atoms with Gasteiger partial charge in [-0.05, 0) is 50.8 Å². The molecule has 0 saturated carbocycles. The topological polar surface area (TPSA) is 71.0 Å². The largest absolute Gasteiger partial charge is 0.369 e. The van der Waals surface area contributed by atoms with Crippen LogP contribution >= 0.6 is 11.6 Å². The van der Waals surface area contributed by atoms with Gasteiger partial charge >= 0.3 is 0 Å². The first kappa shape index (κ1) is 19.5. The maximum absolute atomic E-state index is 14.8. The summed E-state index contributed by atoms with van der Waals surface area (Å²) in [7, 11) is 1.58. The average molecular weight is 391 g/mol. The molecule has 1 amide bonds. The molecule has 0 bridgehead atoms. The Kier molecular flexibility index (Phi) is 4.89. The molecule has 0 aromatic heterocycles. The number of hydrogen-bond donors (Lipinski definition) is 1. The van der Waals surface area contributed by atoms with Crippen LogP contribution in [0.1, 0.15) is 38.3 Å². The SMILES string of the molecule is CN1C(=O)C(C)(C)[C@@](C)(c2cc(CCC3=C(Cl)C=NC3)ccc2F)N=C1N. The fraction of sp³-hybridized carbons (Fsp3) is 0.450. The molecule has 0 spiro atoms. The first-order chi connectivity index (χ1) is 12.6. The van der Waals surface area contributed by atoms with E-state index in [0.29, 0.717) is 23.6 Å². The summed E-state index contributed by atoms with van der Waals surface area (Å²) in [5.74, 6) is -0.501. The molecule has 2 aliphatic rings. The Morgan fingerprint density at radius 3 is 2.63 bits per heavy atom. The fourth-order valence-corrected chi connectivity index (χ4v) is 3.79. The number of benzene rings is 1. The molecule has 2 heterocycles. The fourth-order valence-electron chi connectivity index (χ4n) is 3.57. The molecule has 27 heavy (non-hydrogen) atoms. The van der Waals surface area contributed by atoms with Gasteiger partial charge in [0.25, 0.3) is 0 Å². The van der Waals surface area contributed by atoms with E-state index in [4.69, 9.17) is 17.3 Å². The minimum atomic E-state index is -1.10. The molecule has 0 radical (unpaired) electrons. The average Bonchev–Trinajstić information content (AvgIpc) is 3.03. The van der Waals surface area contributed by atoms with Crippen LogP contribution in [0.3, 0.4) is 0 Å². The second-order valence-electron chi connectivity index (χ2n) is 7.77. The number of hydrogen-bond acceptors (Lipinski definition) is 4. The third-order valence-corrected chi connectivity index (χ3v) is 6.20. The van der Waals surface area contributed by atoms with Crippen molar-refractivity contribution in [2.45, 2.75) is 39.2 Å². The summed E-state index contributed by atoms with van der Waals surface area (Å²) in [6, 6.07) is 4.97. The van der Waals surface area contributed by atoms with E-state index in [-0.39, 0.29) is 11.9 Å². The van der Waals surface area contributed by atoms with Gasteiger partial charge in [0, 0.05) is 18.8 Å². The van der Waals surface area contributed by atoms with Crippen LogP contribution < -0.4 is 5.73 Å². The molecule has 1 aromatic carbocycles. The van der Waals surface area contributed by atoms with Gasteiger partial charge < -0.3 is 5.73 Å². The predicted octanol–water partition coefficient (Wildman–Crippen LogP) is 3.36. The molecule has 5 nitrogen and oxygen atoms in total. The third kappa shape index (κ3) is 3.16. The zero-order valence-corrected chi connectivity index (χ0v) is 16.8. The highest BCUT2D eigenvalue weighted by atomic mass is 35.5. The number of guanidine groups is 1. The minimum absolute atomic E-state index is 0.0895. The van der Waals surface area contributed by atoms with Crippen molar-refractivity contribution < 1.29 is 9.18 Å². The molecular weight excluding hydrogens is 367 g/mol. The number of aryl methyl sites for hydroxylation is 1. The standard InChI is InChI=1S/C20H24ClFN4O/c1-19(2)17(27)26(4)18(23)25-20(19,3)14-9-12(6-8-16(14)22)5-7-13-10-24-11-15(13)21/h6,8-9,11H,5,7,10H2,1-4H3,(H2,23,25)/t20-/m1/s1. The Hall–Kier alpha value is -2.21. The van der Waals surface area contributed by atoms with Gasteiger partial charge in [-0.2, -0.15) is 0 Å². The molecule has 0 saturated heterocycles. The Balaban J connectivity index is 1.98. The number of nitrogens with two attached hydrogens (primary N) is 1. The summed E-state index contributed by atoms with van der Waals surface area (Å²) in [5, 5.41) is 0.684. The van der Waals surface area contributed by atoms with Gasteiger partial charge in [-0.1, -0.05) is 23.7 Å². The van der Waals surface area contributed by atoms with Gasteiger partial charge in [0.2, 0.25) is 5.91 Å². The number of nitrogens with zero attached hydrogens (tertiary/aromatic N) is 3. The Morgan fingerprint density at radius 1 is 1.30 bits per heavy atom. The van der Waals surface area contributed by atoms with Crippen LogP contribution in [0.15, 0.2) is 38.8 Å². The highest BCUT2D eigenvalue weighted by molar-refractivity contribution is 6.40. The van der Waals surface area contributed by atoms with Crippen molar-refractivity contribution in [1.82, 2.24) is 4.90 Å². The van der Waals surface area contributed by atoms with E-state index in [1.807, 2.05) is 0 Å². The van der Waals surface area contributed by atoms with Gasteiger partial charge in [-0.3, -0.25) is 14.7 Å². The van der Waals surface area contributed by atoms with Crippen molar-refractivity contribution in [3.63, 3.8) is 0 Å². The van der Waals surface area contributed by atoms with Crippen LogP contribution in [-0.4, -0.2) is 36.6 Å². The lowest BCUT2D eigenvalue weighted by Crippen LogP contribution is -2.58. The van der Waals surface area contributed by atoms with Gasteiger partial charge in [-0.15, -0.1) is 0 Å². The monoisotopic (exact) mass is 390 g/mol. The maximum Gasteiger partial charge on any atom is 0.237 e. The number of amides is 1. The molecule has 0 aliphatic carbocycles. The summed E-state index contributed by atoms with van der Waals surface area (Å²) in [5.41, 5.74) is 6.29. The van der Waals surface area contributed by atoms with Crippen LogP contribution in [0, 0.1) is 11.2 Å². The number of halogens is 2. The van der Waals surface area contributed by atoms with Crippen LogP contribution in [0.5, 0.6) is 0 Å². The maximum atomic E-state index is 14.8. The number of aliphatic imine (C=N–C) groups is 2. The zero-order valence-electron chi connectivity index (χ0n) is 16.0. The van der Waals surface area contributed by atoms with Crippen molar-refractivity contribution >= 4 is 29.7 Å². The Bertz CT molecular complexity index is 890. The van der Waals surface area contributed by atoms with E-state index in [1.165, 1.54) is 11.0 Å². The van der Waals surface area contributed by atoms with Gasteiger partial charge in [0.15, 0.2) is 5.96 Å². The molecule has 3 rings (SSSR count). The first-order valence-corrected chi connectivity index (χ1v) is 9.25. The molecule has 1 atom stereocenters. The lowest BCUT2D eigenvalue weighted by molar-refractivity contribution is -0.140. The highest BCUT2D eigenvalue weighted by Crippen LogP contribution is 2.47. The number of rotatable bonds is 4.